The summed E-state index contributed by atoms with van der Waals surface area (Å²) in [7, 11) is 0. The molecule has 5 heteroatoms. The summed E-state index contributed by atoms with van der Waals surface area (Å²) in [5, 5.41) is 0. The first-order chi connectivity index (χ1) is 12.8. The molecule has 5 nitrogen and oxygen atoms in total. The highest BCUT2D eigenvalue weighted by Crippen LogP contribution is 2.36. The minimum absolute atomic E-state index is 0.443. The Balaban J connectivity index is 1.18. The molecule has 3 aliphatic heterocycles. The highest BCUT2D eigenvalue weighted by Gasteiger charge is 2.43. The van der Waals surface area contributed by atoms with Crippen molar-refractivity contribution in [3.8, 4) is 0 Å². The second-order valence-electron chi connectivity index (χ2n) is 8.18. The summed E-state index contributed by atoms with van der Waals surface area (Å²) in [5.41, 5.74) is 2.07. The standard InChI is InChI=1S/C21H32N2O3/c1-16-3-2-4-19(22-16)15-25-10-7-18-14-26-21-13-23(12-20(18)21)11-17-5-8-24-9-6-17/h2-4,17-18,20-21H,5-15H2,1H3/t18-,20-,21-/m0/s1. The van der Waals surface area contributed by atoms with Gasteiger partial charge in [-0.15, -0.1) is 0 Å². The van der Waals surface area contributed by atoms with E-state index in [1.54, 1.807) is 0 Å². The van der Waals surface area contributed by atoms with Crippen LogP contribution in [0.2, 0.25) is 0 Å². The fraction of sp³-hybridized carbons (Fsp3) is 0.762. The topological polar surface area (TPSA) is 43.8 Å². The molecule has 1 aromatic heterocycles. The molecule has 4 heterocycles. The molecule has 0 saturated carbocycles. The molecule has 0 spiro atoms. The maximum atomic E-state index is 6.11. The van der Waals surface area contributed by atoms with Gasteiger partial charge in [-0.05, 0) is 50.2 Å². The van der Waals surface area contributed by atoms with E-state index in [1.807, 2.05) is 25.1 Å². The highest BCUT2D eigenvalue weighted by molar-refractivity contribution is 5.08. The largest absolute Gasteiger partial charge is 0.381 e. The summed E-state index contributed by atoms with van der Waals surface area (Å²) in [5.74, 6) is 2.15. The number of pyridine rings is 1. The van der Waals surface area contributed by atoms with Crippen LogP contribution in [0, 0.1) is 24.7 Å². The van der Waals surface area contributed by atoms with Crippen molar-refractivity contribution >= 4 is 0 Å². The van der Waals surface area contributed by atoms with Crippen molar-refractivity contribution in [2.75, 3.05) is 46.1 Å². The van der Waals surface area contributed by atoms with Gasteiger partial charge in [0.15, 0.2) is 0 Å². The van der Waals surface area contributed by atoms with Crippen molar-refractivity contribution in [1.82, 2.24) is 9.88 Å². The second-order valence-corrected chi connectivity index (χ2v) is 8.18. The second kappa shape index (κ2) is 8.79. The number of likely N-dealkylation sites (tertiary alicyclic amines) is 1. The predicted molar refractivity (Wildman–Crippen MR) is 100.0 cm³/mol. The lowest BCUT2D eigenvalue weighted by Crippen LogP contribution is -2.32. The van der Waals surface area contributed by atoms with Gasteiger partial charge in [0.25, 0.3) is 0 Å². The Morgan fingerprint density at radius 1 is 1.23 bits per heavy atom. The molecule has 0 unspecified atom stereocenters. The van der Waals surface area contributed by atoms with Crippen molar-refractivity contribution < 1.29 is 14.2 Å². The molecule has 0 N–H and O–H groups in total. The van der Waals surface area contributed by atoms with Crippen LogP contribution in [-0.2, 0) is 20.8 Å². The number of aryl methyl sites for hydroxylation is 1. The van der Waals surface area contributed by atoms with E-state index in [1.165, 1.54) is 25.9 Å². The van der Waals surface area contributed by atoms with E-state index >= 15 is 0 Å². The third-order valence-electron chi connectivity index (χ3n) is 6.20. The van der Waals surface area contributed by atoms with Crippen LogP contribution in [0.5, 0.6) is 0 Å². The van der Waals surface area contributed by atoms with Gasteiger partial charge < -0.3 is 19.1 Å². The van der Waals surface area contributed by atoms with Gasteiger partial charge in [-0.25, -0.2) is 0 Å². The molecule has 26 heavy (non-hydrogen) atoms. The Labute approximate surface area is 157 Å². The van der Waals surface area contributed by atoms with E-state index in [4.69, 9.17) is 14.2 Å². The summed E-state index contributed by atoms with van der Waals surface area (Å²) < 4.78 is 17.5. The van der Waals surface area contributed by atoms with Crippen LogP contribution in [0.3, 0.4) is 0 Å². The maximum Gasteiger partial charge on any atom is 0.0887 e. The number of rotatable bonds is 7. The van der Waals surface area contributed by atoms with Gasteiger partial charge in [-0.2, -0.15) is 0 Å². The molecule has 3 atom stereocenters. The van der Waals surface area contributed by atoms with E-state index in [0.717, 1.165) is 56.7 Å². The Morgan fingerprint density at radius 3 is 2.96 bits per heavy atom. The van der Waals surface area contributed by atoms with Crippen LogP contribution in [0.4, 0.5) is 0 Å². The summed E-state index contributed by atoms with van der Waals surface area (Å²) >= 11 is 0. The van der Waals surface area contributed by atoms with Gasteiger partial charge in [0.1, 0.15) is 0 Å². The van der Waals surface area contributed by atoms with E-state index in [9.17, 15) is 0 Å². The lowest BCUT2D eigenvalue weighted by Gasteiger charge is -2.27. The Bertz CT molecular complexity index is 576. The Hall–Kier alpha value is -1.01. The van der Waals surface area contributed by atoms with Gasteiger partial charge in [-0.1, -0.05) is 6.07 Å². The third-order valence-corrected chi connectivity index (χ3v) is 6.20. The number of hydrogen-bond acceptors (Lipinski definition) is 5. The predicted octanol–water partition coefficient (Wildman–Crippen LogP) is 2.67. The number of hydrogen-bond donors (Lipinski definition) is 0. The number of ether oxygens (including phenoxy) is 3. The van der Waals surface area contributed by atoms with Crippen LogP contribution < -0.4 is 0 Å². The molecular formula is C21H32N2O3. The first-order valence-corrected chi connectivity index (χ1v) is 10.2. The number of aromatic nitrogens is 1. The zero-order valence-electron chi connectivity index (χ0n) is 15.9. The quantitative estimate of drug-likeness (QED) is 0.700. The molecule has 144 valence electrons. The van der Waals surface area contributed by atoms with Crippen molar-refractivity contribution in [1.29, 1.82) is 0 Å². The summed E-state index contributed by atoms with van der Waals surface area (Å²) in [6.07, 6.45) is 3.98. The SMILES string of the molecule is Cc1cccc(COCC[C@H]2CO[C@H]3CN(CC4CCOCC4)C[C@@H]23)n1. The zero-order valence-corrected chi connectivity index (χ0v) is 15.9. The average molecular weight is 360 g/mol. The first-order valence-electron chi connectivity index (χ1n) is 10.2. The zero-order chi connectivity index (χ0) is 17.8. The molecule has 3 aliphatic rings. The van der Waals surface area contributed by atoms with Crippen molar-refractivity contribution in [2.45, 2.75) is 38.9 Å². The summed E-state index contributed by atoms with van der Waals surface area (Å²) in [6, 6.07) is 6.10. The molecule has 0 bridgehead atoms. The Kier molecular flexibility index (Phi) is 6.20. The smallest absolute Gasteiger partial charge is 0.0887 e. The lowest BCUT2D eigenvalue weighted by molar-refractivity contribution is 0.0473. The van der Waals surface area contributed by atoms with Crippen LogP contribution in [-0.4, -0.2) is 62.0 Å². The summed E-state index contributed by atoms with van der Waals surface area (Å²) in [6.45, 7) is 9.76. The fourth-order valence-corrected chi connectivity index (χ4v) is 4.71. The molecule has 3 fully saturated rings. The van der Waals surface area contributed by atoms with Crippen LogP contribution in [0.15, 0.2) is 18.2 Å². The molecule has 0 amide bonds. The molecule has 0 aromatic carbocycles. The minimum Gasteiger partial charge on any atom is -0.381 e. The van der Waals surface area contributed by atoms with Gasteiger partial charge in [0.05, 0.1) is 25.0 Å². The summed E-state index contributed by atoms with van der Waals surface area (Å²) in [4.78, 5) is 7.13. The first kappa shape index (κ1) is 18.4. The maximum absolute atomic E-state index is 6.11. The number of nitrogens with zero attached hydrogens (tertiary/aromatic N) is 2. The molecule has 4 rings (SSSR count). The van der Waals surface area contributed by atoms with Crippen molar-refractivity contribution in [2.24, 2.45) is 17.8 Å². The van der Waals surface area contributed by atoms with Crippen LogP contribution in [0.1, 0.15) is 30.7 Å². The van der Waals surface area contributed by atoms with Gasteiger partial charge in [-0.3, -0.25) is 4.98 Å². The normalized spacial score (nSPS) is 30.0. The van der Waals surface area contributed by atoms with Crippen molar-refractivity contribution in [3.63, 3.8) is 0 Å². The minimum atomic E-state index is 0.443. The fourth-order valence-electron chi connectivity index (χ4n) is 4.71. The molecular weight excluding hydrogens is 328 g/mol. The molecule has 0 radical (unpaired) electrons. The highest BCUT2D eigenvalue weighted by atomic mass is 16.5. The molecule has 3 saturated heterocycles. The van der Waals surface area contributed by atoms with Gasteiger partial charge >= 0.3 is 0 Å². The van der Waals surface area contributed by atoms with Crippen LogP contribution >= 0.6 is 0 Å². The lowest BCUT2D eigenvalue weighted by atomic mass is 9.91. The van der Waals surface area contributed by atoms with Crippen molar-refractivity contribution in [3.05, 3.63) is 29.6 Å². The average Bonchev–Trinajstić information content (AvgIpc) is 3.20. The van der Waals surface area contributed by atoms with E-state index in [2.05, 4.69) is 9.88 Å². The van der Waals surface area contributed by atoms with Gasteiger partial charge in [0.2, 0.25) is 0 Å². The van der Waals surface area contributed by atoms with E-state index in [0.29, 0.717) is 24.5 Å². The van der Waals surface area contributed by atoms with Gasteiger partial charge in [0, 0.05) is 51.1 Å². The number of fused-ring (bicyclic) bond motifs is 1. The third kappa shape index (κ3) is 4.63. The van der Waals surface area contributed by atoms with E-state index < -0.39 is 0 Å². The van der Waals surface area contributed by atoms with Crippen LogP contribution in [0.25, 0.3) is 0 Å². The molecule has 0 aliphatic carbocycles. The monoisotopic (exact) mass is 360 g/mol. The Morgan fingerprint density at radius 2 is 2.12 bits per heavy atom. The molecule has 1 aromatic rings. The van der Waals surface area contributed by atoms with E-state index in [-0.39, 0.29) is 0 Å².